The third-order valence-electron chi connectivity index (χ3n) is 4.07. The van der Waals surface area contributed by atoms with Gasteiger partial charge < -0.3 is 19.9 Å². The molecule has 0 spiro atoms. The van der Waals surface area contributed by atoms with Crippen molar-refractivity contribution in [1.82, 2.24) is 20.5 Å². The number of rotatable bonds is 2. The minimum absolute atomic E-state index is 0.0658. The molecule has 0 bridgehead atoms. The molecular formula is C14H20N6O. The summed E-state index contributed by atoms with van der Waals surface area (Å²) in [6, 6.07) is 2.63. The lowest BCUT2D eigenvalue weighted by molar-refractivity contribution is 0.0689. The summed E-state index contributed by atoms with van der Waals surface area (Å²) < 4.78 is 5.41. The fourth-order valence-electron chi connectivity index (χ4n) is 2.90. The Balaban J connectivity index is 1.92. The van der Waals surface area contributed by atoms with Crippen LogP contribution in [0.2, 0.25) is 0 Å². The Morgan fingerprint density at radius 3 is 2.90 bits per heavy atom. The highest BCUT2D eigenvalue weighted by molar-refractivity contribution is 5.85. The number of nitrogens with one attached hydrogen (secondary N) is 3. The van der Waals surface area contributed by atoms with Gasteiger partial charge in [0.05, 0.1) is 11.1 Å². The molecule has 112 valence electrons. The van der Waals surface area contributed by atoms with Gasteiger partial charge >= 0.3 is 0 Å². The predicted octanol–water partition coefficient (Wildman–Crippen LogP) is 0.806. The first-order valence-corrected chi connectivity index (χ1v) is 7.19. The topological polar surface area (TPSA) is 88.5 Å². The molecule has 2 aliphatic rings. The van der Waals surface area contributed by atoms with E-state index >= 15 is 0 Å². The molecule has 0 saturated carbocycles. The van der Waals surface area contributed by atoms with Gasteiger partial charge in [0.1, 0.15) is 18.1 Å². The van der Waals surface area contributed by atoms with E-state index in [1.54, 1.807) is 6.20 Å². The molecule has 1 unspecified atom stereocenters. The second-order valence-corrected chi connectivity index (χ2v) is 5.33. The molecule has 0 amide bonds. The van der Waals surface area contributed by atoms with E-state index in [0.717, 1.165) is 43.4 Å². The van der Waals surface area contributed by atoms with Crippen LogP contribution in [0.15, 0.2) is 11.2 Å². The van der Waals surface area contributed by atoms with Crippen LogP contribution in [0, 0.1) is 11.3 Å². The lowest BCUT2D eigenvalue weighted by Gasteiger charge is -2.37. The average Bonchev–Trinajstić information content (AvgIpc) is 2.93. The largest absolute Gasteiger partial charge is 0.381 e. The highest BCUT2D eigenvalue weighted by Crippen LogP contribution is 2.34. The van der Waals surface area contributed by atoms with Crippen molar-refractivity contribution in [2.75, 3.05) is 27.3 Å². The first kappa shape index (κ1) is 13.9. The van der Waals surface area contributed by atoms with Crippen molar-refractivity contribution >= 4 is 11.8 Å². The van der Waals surface area contributed by atoms with Gasteiger partial charge in [0.25, 0.3) is 0 Å². The van der Waals surface area contributed by atoms with Gasteiger partial charge in [0, 0.05) is 39.5 Å². The summed E-state index contributed by atoms with van der Waals surface area (Å²) in [6.07, 6.45) is 3.62. The molecular weight excluding hydrogens is 268 g/mol. The number of ether oxygens (including phenoxy) is 1. The molecule has 1 atom stereocenters. The third-order valence-corrected chi connectivity index (χ3v) is 4.07. The molecule has 0 aliphatic carbocycles. The molecule has 7 heteroatoms. The number of aromatic amines is 1. The van der Waals surface area contributed by atoms with E-state index in [1.165, 1.54) is 0 Å². The Morgan fingerprint density at radius 1 is 1.48 bits per heavy atom. The first-order valence-electron chi connectivity index (χ1n) is 7.19. The zero-order valence-electron chi connectivity index (χ0n) is 12.3. The monoisotopic (exact) mass is 288 g/mol. The summed E-state index contributed by atoms with van der Waals surface area (Å²) in [4.78, 5) is 9.64. The lowest BCUT2D eigenvalue weighted by Crippen LogP contribution is -2.50. The van der Waals surface area contributed by atoms with Gasteiger partial charge in [0.2, 0.25) is 5.96 Å². The molecule has 1 aromatic rings. The number of fused-ring (bicyclic) bond motifs is 1. The van der Waals surface area contributed by atoms with E-state index in [9.17, 15) is 5.26 Å². The quantitative estimate of drug-likeness (QED) is 0.749. The van der Waals surface area contributed by atoms with Crippen molar-refractivity contribution in [3.63, 3.8) is 0 Å². The summed E-state index contributed by atoms with van der Waals surface area (Å²) >= 11 is 0. The Bertz CT molecular complexity index is 581. The summed E-state index contributed by atoms with van der Waals surface area (Å²) in [5.74, 6) is 1.52. The van der Waals surface area contributed by atoms with Gasteiger partial charge in [-0.1, -0.05) is 0 Å². The van der Waals surface area contributed by atoms with Crippen LogP contribution in [0.3, 0.4) is 0 Å². The SMILES string of the molecule is CNC1=Nc2[nH]cc(C#N)c2C(NC2CCOCC2)N1C. The van der Waals surface area contributed by atoms with Crippen molar-refractivity contribution in [3.05, 3.63) is 17.3 Å². The maximum Gasteiger partial charge on any atom is 0.201 e. The number of hydrogen-bond donors (Lipinski definition) is 3. The lowest BCUT2D eigenvalue weighted by atomic mass is 10.0. The molecule has 3 N–H and O–H groups in total. The van der Waals surface area contributed by atoms with E-state index in [1.807, 2.05) is 19.0 Å². The first-order chi connectivity index (χ1) is 10.2. The number of nitrogens with zero attached hydrogens (tertiary/aromatic N) is 3. The van der Waals surface area contributed by atoms with E-state index in [2.05, 4.69) is 26.7 Å². The minimum atomic E-state index is -0.0658. The molecule has 7 nitrogen and oxygen atoms in total. The normalized spacial score (nSPS) is 22.4. The summed E-state index contributed by atoms with van der Waals surface area (Å²) in [5.41, 5.74) is 1.56. The highest BCUT2D eigenvalue weighted by Gasteiger charge is 2.32. The highest BCUT2D eigenvalue weighted by atomic mass is 16.5. The van der Waals surface area contributed by atoms with Gasteiger partial charge in [-0.05, 0) is 12.8 Å². The van der Waals surface area contributed by atoms with Crippen LogP contribution in [-0.4, -0.2) is 49.2 Å². The second kappa shape index (κ2) is 5.76. The van der Waals surface area contributed by atoms with E-state index in [4.69, 9.17) is 4.74 Å². The molecule has 21 heavy (non-hydrogen) atoms. The van der Waals surface area contributed by atoms with Crippen LogP contribution >= 0.6 is 0 Å². The Hall–Kier alpha value is -2.04. The number of hydrogen-bond acceptors (Lipinski definition) is 6. The zero-order chi connectivity index (χ0) is 14.8. The molecule has 2 aliphatic heterocycles. The summed E-state index contributed by atoms with van der Waals surface area (Å²) in [6.45, 7) is 1.57. The van der Waals surface area contributed by atoms with Crippen LogP contribution < -0.4 is 10.6 Å². The van der Waals surface area contributed by atoms with E-state index in [0.29, 0.717) is 11.6 Å². The summed E-state index contributed by atoms with van der Waals surface area (Å²) in [5, 5.41) is 16.1. The fraction of sp³-hybridized carbons (Fsp3) is 0.571. The van der Waals surface area contributed by atoms with E-state index in [-0.39, 0.29) is 6.17 Å². The number of nitriles is 1. The molecule has 1 saturated heterocycles. The third kappa shape index (κ3) is 2.48. The molecule has 1 fully saturated rings. The fourth-order valence-corrected chi connectivity index (χ4v) is 2.90. The zero-order valence-corrected chi connectivity index (χ0v) is 12.3. The predicted molar refractivity (Wildman–Crippen MR) is 79.1 cm³/mol. The van der Waals surface area contributed by atoms with Crippen LogP contribution in [-0.2, 0) is 4.74 Å². The van der Waals surface area contributed by atoms with E-state index < -0.39 is 0 Å². The van der Waals surface area contributed by atoms with Crippen molar-refractivity contribution < 1.29 is 4.74 Å². The van der Waals surface area contributed by atoms with Crippen molar-refractivity contribution in [2.24, 2.45) is 4.99 Å². The van der Waals surface area contributed by atoms with Gasteiger partial charge in [0.15, 0.2) is 0 Å². The number of aliphatic imine (C=N–C) groups is 1. The Kier molecular flexibility index (Phi) is 3.82. The van der Waals surface area contributed by atoms with Crippen LogP contribution in [0.1, 0.15) is 30.1 Å². The smallest absolute Gasteiger partial charge is 0.201 e. The number of aromatic nitrogens is 1. The Labute approximate surface area is 124 Å². The van der Waals surface area contributed by atoms with Crippen LogP contribution in [0.25, 0.3) is 0 Å². The summed E-state index contributed by atoms with van der Waals surface area (Å²) in [7, 11) is 3.82. The average molecular weight is 288 g/mol. The number of guanidine groups is 1. The van der Waals surface area contributed by atoms with Crippen LogP contribution in [0.4, 0.5) is 5.82 Å². The van der Waals surface area contributed by atoms with Gasteiger partial charge in [-0.3, -0.25) is 5.32 Å². The van der Waals surface area contributed by atoms with Gasteiger partial charge in [-0.15, -0.1) is 0 Å². The van der Waals surface area contributed by atoms with Crippen LogP contribution in [0.5, 0.6) is 0 Å². The maximum atomic E-state index is 9.32. The maximum absolute atomic E-state index is 9.32. The van der Waals surface area contributed by atoms with Gasteiger partial charge in [-0.25, -0.2) is 0 Å². The molecule has 0 radical (unpaired) electrons. The molecule has 3 rings (SSSR count). The molecule has 1 aromatic heterocycles. The van der Waals surface area contributed by atoms with Gasteiger partial charge in [-0.2, -0.15) is 10.3 Å². The molecule has 3 heterocycles. The van der Waals surface area contributed by atoms with Crippen molar-refractivity contribution in [1.29, 1.82) is 5.26 Å². The Morgan fingerprint density at radius 2 is 2.24 bits per heavy atom. The van der Waals surface area contributed by atoms with Crippen molar-refractivity contribution in [3.8, 4) is 6.07 Å². The molecule has 0 aromatic carbocycles. The second-order valence-electron chi connectivity index (χ2n) is 5.33. The minimum Gasteiger partial charge on any atom is -0.381 e. The van der Waals surface area contributed by atoms with Crippen molar-refractivity contribution in [2.45, 2.75) is 25.0 Å². The number of H-pyrrole nitrogens is 1. The standard InChI is InChI=1S/C14H20N6O/c1-16-14-19-12-11(9(7-15)8-17-12)13(20(14)2)18-10-3-5-21-6-4-10/h8,10,13,17-18H,3-6H2,1-2H3,(H,16,19).